The van der Waals surface area contributed by atoms with Crippen molar-refractivity contribution in [3.8, 4) is 0 Å². The van der Waals surface area contributed by atoms with Crippen LogP contribution in [0, 0.1) is 5.41 Å². The highest BCUT2D eigenvalue weighted by Crippen LogP contribution is 2.15. The van der Waals surface area contributed by atoms with Gasteiger partial charge in [0.05, 0.1) is 25.2 Å². The Morgan fingerprint density at radius 2 is 1.71 bits per heavy atom. The van der Waals surface area contributed by atoms with E-state index in [1.54, 1.807) is 7.11 Å². The molecule has 0 bridgehead atoms. The molecular formula is C16H35IN4O3. The van der Waals surface area contributed by atoms with Gasteiger partial charge in [-0.05, 0) is 34.1 Å². The van der Waals surface area contributed by atoms with Crippen molar-refractivity contribution >= 4 is 35.8 Å². The van der Waals surface area contributed by atoms with E-state index in [1.165, 1.54) is 0 Å². The van der Waals surface area contributed by atoms with E-state index in [0.717, 1.165) is 25.5 Å². The summed E-state index contributed by atoms with van der Waals surface area (Å²) in [7, 11) is 1.66. The summed E-state index contributed by atoms with van der Waals surface area (Å²) in [6.07, 6.45) is 0.883. The monoisotopic (exact) mass is 458 g/mol. The van der Waals surface area contributed by atoms with Crippen molar-refractivity contribution in [2.45, 2.75) is 34.1 Å². The Morgan fingerprint density at radius 1 is 1.04 bits per heavy atom. The summed E-state index contributed by atoms with van der Waals surface area (Å²) in [5.41, 5.74) is -0.526. The number of methoxy groups -OCH3 is 1. The molecule has 8 heteroatoms. The van der Waals surface area contributed by atoms with Gasteiger partial charge in [0.15, 0.2) is 5.96 Å². The lowest BCUT2D eigenvalue weighted by atomic mass is 9.92. The van der Waals surface area contributed by atoms with Crippen LogP contribution in [0.25, 0.3) is 0 Å². The minimum atomic E-state index is -0.526. The van der Waals surface area contributed by atoms with E-state index in [1.807, 2.05) is 27.7 Å². The molecule has 7 nitrogen and oxygen atoms in total. The lowest BCUT2D eigenvalue weighted by Crippen LogP contribution is -2.42. The Kier molecular flexibility index (Phi) is 17.0. The number of halogens is 1. The maximum absolute atomic E-state index is 12.0. The van der Waals surface area contributed by atoms with Crippen molar-refractivity contribution in [3.05, 3.63) is 0 Å². The van der Waals surface area contributed by atoms with Gasteiger partial charge >= 0.3 is 0 Å². The van der Waals surface area contributed by atoms with Crippen LogP contribution in [0.4, 0.5) is 0 Å². The van der Waals surface area contributed by atoms with Gasteiger partial charge in [0, 0.05) is 33.4 Å². The number of rotatable bonds is 12. The van der Waals surface area contributed by atoms with Crippen LogP contribution in [0.5, 0.6) is 0 Å². The van der Waals surface area contributed by atoms with E-state index < -0.39 is 5.41 Å². The first-order valence-electron chi connectivity index (χ1n) is 8.35. The SMILES string of the molecule is CCNC(=O)C(C)(C)CN=C(NCC)NCCCOCCOC.I. The molecule has 0 aliphatic heterocycles. The molecule has 0 fully saturated rings. The van der Waals surface area contributed by atoms with Crippen LogP contribution < -0.4 is 16.0 Å². The number of hydrogen-bond acceptors (Lipinski definition) is 4. The molecule has 0 saturated carbocycles. The highest BCUT2D eigenvalue weighted by atomic mass is 127. The van der Waals surface area contributed by atoms with E-state index >= 15 is 0 Å². The maximum Gasteiger partial charge on any atom is 0.227 e. The second kappa shape index (κ2) is 15.9. The summed E-state index contributed by atoms with van der Waals surface area (Å²) < 4.78 is 10.3. The fourth-order valence-electron chi connectivity index (χ4n) is 1.72. The molecule has 0 heterocycles. The van der Waals surface area contributed by atoms with Crippen LogP contribution in [0.1, 0.15) is 34.1 Å². The van der Waals surface area contributed by atoms with Gasteiger partial charge in [-0.3, -0.25) is 9.79 Å². The van der Waals surface area contributed by atoms with E-state index in [0.29, 0.717) is 32.9 Å². The predicted octanol–water partition coefficient (Wildman–Crippen LogP) is 1.37. The Hall–Kier alpha value is -0.610. The largest absolute Gasteiger partial charge is 0.382 e. The van der Waals surface area contributed by atoms with E-state index in [2.05, 4.69) is 20.9 Å². The standard InChI is InChI=1S/C16H34N4O3.HI/c1-6-17-14(21)16(3,4)13-20-15(18-7-2)19-9-8-10-23-12-11-22-5;/h6-13H2,1-5H3,(H,17,21)(H2,18,19,20);1H. The van der Waals surface area contributed by atoms with Crippen LogP contribution in [0.3, 0.4) is 0 Å². The average Bonchev–Trinajstić information content (AvgIpc) is 2.51. The Labute approximate surface area is 163 Å². The zero-order chi connectivity index (χ0) is 17.6. The maximum atomic E-state index is 12.0. The van der Waals surface area contributed by atoms with Crippen molar-refractivity contribution in [1.82, 2.24) is 16.0 Å². The van der Waals surface area contributed by atoms with Gasteiger partial charge in [0.25, 0.3) is 0 Å². The smallest absolute Gasteiger partial charge is 0.227 e. The second-order valence-electron chi connectivity index (χ2n) is 5.82. The first kappa shape index (κ1) is 25.6. The molecule has 1 amide bonds. The van der Waals surface area contributed by atoms with Crippen LogP contribution >= 0.6 is 24.0 Å². The molecule has 0 aromatic heterocycles. The van der Waals surface area contributed by atoms with Gasteiger partial charge in [-0.1, -0.05) is 0 Å². The van der Waals surface area contributed by atoms with Crippen LogP contribution in [0.15, 0.2) is 4.99 Å². The second-order valence-corrected chi connectivity index (χ2v) is 5.82. The molecule has 0 radical (unpaired) electrons. The van der Waals surface area contributed by atoms with Crippen LogP contribution in [0.2, 0.25) is 0 Å². The summed E-state index contributed by atoms with van der Waals surface area (Å²) in [5, 5.41) is 9.28. The number of nitrogens with zero attached hydrogens (tertiary/aromatic N) is 1. The Morgan fingerprint density at radius 3 is 2.29 bits per heavy atom. The van der Waals surface area contributed by atoms with Gasteiger partial charge in [-0.15, -0.1) is 24.0 Å². The van der Waals surface area contributed by atoms with Crippen molar-refractivity contribution in [2.75, 3.05) is 53.1 Å². The molecule has 0 aliphatic carbocycles. The number of amides is 1. The number of guanidine groups is 1. The summed E-state index contributed by atoms with van der Waals surface area (Å²) in [6.45, 7) is 12.2. The zero-order valence-electron chi connectivity index (χ0n) is 15.7. The average molecular weight is 458 g/mol. The van der Waals surface area contributed by atoms with E-state index in [-0.39, 0.29) is 29.9 Å². The number of carbonyl (C=O) groups is 1. The first-order chi connectivity index (χ1) is 11.0. The molecule has 0 spiro atoms. The van der Waals surface area contributed by atoms with Gasteiger partial charge in [0.2, 0.25) is 5.91 Å². The third-order valence-corrected chi connectivity index (χ3v) is 3.12. The number of ether oxygens (including phenoxy) is 2. The quantitative estimate of drug-likeness (QED) is 0.178. The fourth-order valence-corrected chi connectivity index (χ4v) is 1.72. The summed E-state index contributed by atoms with van der Waals surface area (Å²) >= 11 is 0. The predicted molar refractivity (Wildman–Crippen MR) is 109 cm³/mol. The van der Waals surface area contributed by atoms with Crippen molar-refractivity contribution in [1.29, 1.82) is 0 Å². The minimum Gasteiger partial charge on any atom is -0.382 e. The molecule has 0 rings (SSSR count). The zero-order valence-corrected chi connectivity index (χ0v) is 18.1. The lowest BCUT2D eigenvalue weighted by molar-refractivity contribution is -0.128. The summed E-state index contributed by atoms with van der Waals surface area (Å²) in [5.74, 6) is 0.743. The third-order valence-electron chi connectivity index (χ3n) is 3.12. The molecule has 144 valence electrons. The molecule has 0 unspecified atom stereocenters. The number of hydrogen-bond donors (Lipinski definition) is 3. The first-order valence-corrected chi connectivity index (χ1v) is 8.35. The van der Waals surface area contributed by atoms with Crippen LogP contribution in [-0.2, 0) is 14.3 Å². The lowest BCUT2D eigenvalue weighted by Gasteiger charge is -2.22. The van der Waals surface area contributed by atoms with Gasteiger partial charge < -0.3 is 25.4 Å². The van der Waals surface area contributed by atoms with E-state index in [4.69, 9.17) is 9.47 Å². The highest BCUT2D eigenvalue weighted by Gasteiger charge is 2.26. The number of nitrogens with one attached hydrogen (secondary N) is 3. The highest BCUT2D eigenvalue weighted by molar-refractivity contribution is 14.0. The molecule has 24 heavy (non-hydrogen) atoms. The Bertz CT molecular complexity index is 352. The third kappa shape index (κ3) is 12.8. The summed E-state index contributed by atoms with van der Waals surface area (Å²) in [6, 6.07) is 0. The minimum absolute atomic E-state index is 0. The van der Waals surface area contributed by atoms with Gasteiger partial charge in [-0.25, -0.2) is 0 Å². The van der Waals surface area contributed by atoms with Gasteiger partial charge in [-0.2, -0.15) is 0 Å². The van der Waals surface area contributed by atoms with Crippen LogP contribution in [-0.4, -0.2) is 65.0 Å². The Balaban J connectivity index is 0. The topological polar surface area (TPSA) is 84.0 Å². The molecule has 0 saturated heterocycles. The fraction of sp³-hybridized carbons (Fsp3) is 0.875. The summed E-state index contributed by atoms with van der Waals surface area (Å²) in [4.78, 5) is 16.5. The normalized spacial score (nSPS) is 11.6. The number of carbonyl (C=O) groups excluding carboxylic acids is 1. The molecule has 0 aromatic rings. The molecule has 0 aromatic carbocycles. The molecule has 0 atom stereocenters. The molecular weight excluding hydrogens is 423 g/mol. The molecule has 3 N–H and O–H groups in total. The van der Waals surface area contributed by atoms with Crippen molar-refractivity contribution in [2.24, 2.45) is 10.4 Å². The van der Waals surface area contributed by atoms with Crippen molar-refractivity contribution in [3.63, 3.8) is 0 Å². The number of aliphatic imine (C=N–C) groups is 1. The van der Waals surface area contributed by atoms with E-state index in [9.17, 15) is 4.79 Å². The van der Waals surface area contributed by atoms with Gasteiger partial charge in [0.1, 0.15) is 0 Å². The molecule has 0 aliphatic rings. The van der Waals surface area contributed by atoms with Crippen molar-refractivity contribution < 1.29 is 14.3 Å².